The SMILES string of the molecule is CCO[Si](CCCNC(=O)n1[nH]c(=S)nc1SC)(OCC)OCC. The molecule has 1 heterocycles. The van der Waals surface area contributed by atoms with Crippen molar-refractivity contribution in [2.45, 2.75) is 38.4 Å². The monoisotopic (exact) mass is 394 g/mol. The Labute approximate surface area is 153 Å². The van der Waals surface area contributed by atoms with Crippen LogP contribution in [0.1, 0.15) is 27.2 Å². The van der Waals surface area contributed by atoms with Crippen LogP contribution >= 0.6 is 24.0 Å². The first-order valence-electron chi connectivity index (χ1n) is 7.95. The van der Waals surface area contributed by atoms with Crippen molar-refractivity contribution in [3.05, 3.63) is 4.77 Å². The minimum absolute atomic E-state index is 0.282. The molecule has 0 fully saturated rings. The van der Waals surface area contributed by atoms with Crippen molar-refractivity contribution in [3.63, 3.8) is 0 Å². The van der Waals surface area contributed by atoms with Crippen LogP contribution in [-0.4, -0.2) is 62.2 Å². The molecular weight excluding hydrogens is 368 g/mol. The second-order valence-electron chi connectivity index (χ2n) is 4.67. The molecule has 11 heteroatoms. The maximum absolute atomic E-state index is 12.2. The van der Waals surface area contributed by atoms with E-state index in [9.17, 15) is 4.79 Å². The average molecular weight is 395 g/mol. The van der Waals surface area contributed by atoms with E-state index in [1.807, 2.05) is 27.0 Å². The first kappa shape index (κ1) is 21.3. The lowest BCUT2D eigenvalue weighted by Crippen LogP contribution is -2.46. The summed E-state index contributed by atoms with van der Waals surface area (Å²) in [7, 11) is -2.66. The molecule has 0 aliphatic rings. The Morgan fingerprint density at radius 1 is 1.29 bits per heavy atom. The quantitative estimate of drug-likeness (QED) is 0.258. The lowest BCUT2D eigenvalue weighted by Gasteiger charge is -2.28. The van der Waals surface area contributed by atoms with Crippen LogP contribution in [0.2, 0.25) is 6.04 Å². The van der Waals surface area contributed by atoms with E-state index in [-0.39, 0.29) is 10.8 Å². The van der Waals surface area contributed by atoms with E-state index < -0.39 is 8.80 Å². The number of carbonyl (C=O) groups is 1. The van der Waals surface area contributed by atoms with Gasteiger partial charge in [-0.25, -0.2) is 4.79 Å². The van der Waals surface area contributed by atoms with Crippen molar-refractivity contribution >= 4 is 38.8 Å². The van der Waals surface area contributed by atoms with Crippen LogP contribution in [0.15, 0.2) is 5.16 Å². The number of rotatable bonds is 11. The summed E-state index contributed by atoms with van der Waals surface area (Å²) in [5.74, 6) is 0. The van der Waals surface area contributed by atoms with Crippen molar-refractivity contribution < 1.29 is 18.1 Å². The number of thioether (sulfide) groups is 1. The second kappa shape index (κ2) is 11.0. The molecule has 0 bridgehead atoms. The average Bonchev–Trinajstić information content (AvgIpc) is 2.93. The number of carbonyl (C=O) groups excluding carboxylic acids is 1. The third-order valence-electron chi connectivity index (χ3n) is 3.01. The van der Waals surface area contributed by atoms with E-state index in [1.165, 1.54) is 16.4 Å². The predicted molar refractivity (Wildman–Crippen MR) is 98.0 cm³/mol. The van der Waals surface area contributed by atoms with Gasteiger partial charge in [-0.05, 0) is 45.7 Å². The van der Waals surface area contributed by atoms with Crippen LogP contribution < -0.4 is 5.32 Å². The minimum Gasteiger partial charge on any atom is -0.374 e. The summed E-state index contributed by atoms with van der Waals surface area (Å²) >= 11 is 6.30. The van der Waals surface area contributed by atoms with E-state index in [0.29, 0.717) is 44.0 Å². The summed E-state index contributed by atoms with van der Waals surface area (Å²) in [5.41, 5.74) is 0. The van der Waals surface area contributed by atoms with Gasteiger partial charge in [0, 0.05) is 32.4 Å². The maximum Gasteiger partial charge on any atom is 0.500 e. The van der Waals surface area contributed by atoms with Gasteiger partial charge in [0.2, 0.25) is 4.77 Å². The van der Waals surface area contributed by atoms with Gasteiger partial charge in [-0.1, -0.05) is 11.8 Å². The molecule has 0 saturated carbocycles. The largest absolute Gasteiger partial charge is 0.500 e. The van der Waals surface area contributed by atoms with Crippen molar-refractivity contribution in [3.8, 4) is 0 Å². The van der Waals surface area contributed by atoms with E-state index in [0.717, 1.165) is 0 Å². The Morgan fingerprint density at radius 2 is 1.88 bits per heavy atom. The molecule has 138 valence electrons. The number of aromatic nitrogens is 3. The number of amides is 1. The third-order valence-corrected chi connectivity index (χ3v) is 6.98. The van der Waals surface area contributed by atoms with Gasteiger partial charge in [0.1, 0.15) is 0 Å². The van der Waals surface area contributed by atoms with Crippen LogP contribution in [0.5, 0.6) is 0 Å². The smallest absolute Gasteiger partial charge is 0.374 e. The Balaban J connectivity index is 2.55. The van der Waals surface area contributed by atoms with E-state index in [1.54, 1.807) is 0 Å². The van der Waals surface area contributed by atoms with Gasteiger partial charge in [0.05, 0.1) is 0 Å². The van der Waals surface area contributed by atoms with E-state index in [4.69, 9.17) is 25.5 Å². The number of hydrogen-bond donors (Lipinski definition) is 2. The standard InChI is InChI=1S/C13H26N4O4S2Si/c1-5-19-24(20-6-2,21-7-3)10-8-9-14-12(18)17-13(23-4)15-11(22)16-17/h5-10H2,1-4H3,(H,14,18)(H,16,22). The summed E-state index contributed by atoms with van der Waals surface area (Å²) in [6.07, 6.45) is 2.53. The van der Waals surface area contributed by atoms with Gasteiger partial charge in [-0.15, -0.1) is 0 Å². The fourth-order valence-corrected chi connectivity index (χ4v) is 5.50. The van der Waals surface area contributed by atoms with Crippen molar-refractivity contribution in [1.82, 2.24) is 20.1 Å². The number of H-pyrrole nitrogens is 1. The number of nitrogens with one attached hydrogen (secondary N) is 2. The molecule has 0 spiro atoms. The van der Waals surface area contributed by atoms with Gasteiger partial charge in [0.25, 0.3) is 0 Å². The molecule has 0 atom stereocenters. The Kier molecular flexibility index (Phi) is 9.77. The van der Waals surface area contributed by atoms with Crippen molar-refractivity contribution in [2.75, 3.05) is 32.6 Å². The molecule has 1 aromatic rings. The molecule has 1 rings (SSSR count). The zero-order chi connectivity index (χ0) is 18.0. The second-order valence-corrected chi connectivity index (χ2v) is 8.56. The molecule has 8 nitrogen and oxygen atoms in total. The summed E-state index contributed by atoms with van der Waals surface area (Å²) < 4.78 is 18.9. The molecule has 0 aliphatic carbocycles. The molecule has 0 saturated heterocycles. The van der Waals surface area contributed by atoms with E-state index >= 15 is 0 Å². The van der Waals surface area contributed by atoms with Crippen LogP contribution in [0.25, 0.3) is 0 Å². The molecule has 24 heavy (non-hydrogen) atoms. The first-order valence-corrected chi connectivity index (χ1v) is 11.5. The van der Waals surface area contributed by atoms with Gasteiger partial charge in [-0.2, -0.15) is 9.67 Å². The highest BCUT2D eigenvalue weighted by Crippen LogP contribution is 2.18. The van der Waals surface area contributed by atoms with Gasteiger partial charge >= 0.3 is 14.8 Å². The van der Waals surface area contributed by atoms with Gasteiger partial charge in [0.15, 0.2) is 5.16 Å². The lowest BCUT2D eigenvalue weighted by atomic mass is 10.5. The highest BCUT2D eigenvalue weighted by Gasteiger charge is 2.39. The Hall–Kier alpha value is -0.723. The number of nitrogens with zero attached hydrogens (tertiary/aromatic N) is 2. The molecule has 0 radical (unpaired) electrons. The topological polar surface area (TPSA) is 90.4 Å². The molecule has 0 unspecified atom stereocenters. The Bertz CT molecular complexity index is 549. The van der Waals surface area contributed by atoms with Crippen LogP contribution in [0, 0.1) is 4.77 Å². The highest BCUT2D eigenvalue weighted by atomic mass is 32.2. The molecule has 0 aromatic carbocycles. The predicted octanol–water partition coefficient (Wildman–Crippen LogP) is 2.66. The summed E-state index contributed by atoms with van der Waals surface area (Å²) in [6, 6.07) is 0.359. The molecule has 0 aliphatic heterocycles. The highest BCUT2D eigenvalue weighted by molar-refractivity contribution is 7.98. The summed E-state index contributed by atoms with van der Waals surface area (Å²) in [4.78, 5) is 16.2. The van der Waals surface area contributed by atoms with Crippen LogP contribution in [0.4, 0.5) is 4.79 Å². The summed E-state index contributed by atoms with van der Waals surface area (Å²) in [6.45, 7) is 7.88. The van der Waals surface area contributed by atoms with Crippen molar-refractivity contribution in [1.29, 1.82) is 0 Å². The van der Waals surface area contributed by atoms with Gasteiger partial charge in [-0.3, -0.25) is 5.10 Å². The first-order chi connectivity index (χ1) is 11.5. The molecular formula is C13H26N4O4S2Si. The lowest BCUT2D eigenvalue weighted by molar-refractivity contribution is 0.0708. The number of hydrogen-bond acceptors (Lipinski definition) is 7. The van der Waals surface area contributed by atoms with Crippen LogP contribution in [-0.2, 0) is 13.3 Å². The Morgan fingerprint density at radius 3 is 2.38 bits per heavy atom. The van der Waals surface area contributed by atoms with Crippen LogP contribution in [0.3, 0.4) is 0 Å². The number of aromatic amines is 1. The normalized spacial score (nSPS) is 11.7. The fourth-order valence-electron chi connectivity index (χ4n) is 2.16. The zero-order valence-electron chi connectivity index (χ0n) is 14.6. The molecule has 1 amide bonds. The minimum atomic E-state index is -2.66. The fraction of sp³-hybridized carbons (Fsp3) is 0.769. The maximum atomic E-state index is 12.2. The van der Waals surface area contributed by atoms with E-state index in [2.05, 4.69) is 15.4 Å². The third kappa shape index (κ3) is 6.30. The molecule has 2 N–H and O–H groups in total. The zero-order valence-corrected chi connectivity index (χ0v) is 17.2. The summed E-state index contributed by atoms with van der Waals surface area (Å²) in [5, 5.41) is 6.10. The van der Waals surface area contributed by atoms with Gasteiger partial charge < -0.3 is 18.6 Å². The molecule has 1 aromatic heterocycles. The van der Waals surface area contributed by atoms with Crippen molar-refractivity contribution in [2.24, 2.45) is 0 Å².